The highest BCUT2D eigenvalue weighted by atomic mass is 32.2. The molecule has 0 saturated heterocycles. The van der Waals surface area contributed by atoms with Crippen molar-refractivity contribution in [1.29, 1.82) is 10.5 Å². The average Bonchev–Trinajstić information content (AvgIpc) is 2.39. The highest BCUT2D eigenvalue weighted by molar-refractivity contribution is 7.86. The van der Waals surface area contributed by atoms with Crippen LogP contribution in [-0.2, 0) is 10.1 Å². The fraction of sp³-hybridized carbons (Fsp3) is 0.182. The Kier molecular flexibility index (Phi) is 4.64. The lowest BCUT2D eigenvalue weighted by atomic mass is 10.2. The first-order valence-corrected chi connectivity index (χ1v) is 6.57. The van der Waals surface area contributed by atoms with Crippen molar-refractivity contribution in [3.05, 3.63) is 17.7 Å². The van der Waals surface area contributed by atoms with Crippen molar-refractivity contribution in [2.75, 3.05) is 12.5 Å². The number of aryl methyl sites for hydroxylation is 1. The van der Waals surface area contributed by atoms with Crippen LogP contribution in [0.25, 0.3) is 0 Å². The van der Waals surface area contributed by atoms with Gasteiger partial charge in [0.1, 0.15) is 22.8 Å². The molecule has 0 saturated carbocycles. The summed E-state index contributed by atoms with van der Waals surface area (Å²) in [6.45, 7) is 1.56. The van der Waals surface area contributed by atoms with Gasteiger partial charge in [0, 0.05) is 6.07 Å². The molecule has 0 amide bonds. The topological polar surface area (TPSA) is 136 Å². The number of hydrogen-bond donors (Lipinski definition) is 2. The molecule has 0 heterocycles. The van der Waals surface area contributed by atoms with Crippen LogP contribution in [0.3, 0.4) is 0 Å². The predicted molar refractivity (Wildman–Crippen MR) is 69.8 cm³/mol. The van der Waals surface area contributed by atoms with Gasteiger partial charge in [0.25, 0.3) is 10.1 Å². The molecule has 1 aromatic rings. The van der Waals surface area contributed by atoms with Crippen molar-refractivity contribution in [3.63, 3.8) is 0 Å². The fourth-order valence-corrected chi connectivity index (χ4v) is 2.06. The largest absolute Gasteiger partial charge is 0.495 e. The van der Waals surface area contributed by atoms with Gasteiger partial charge in [-0.1, -0.05) is 0 Å². The molecule has 0 spiro atoms. The number of methoxy groups -OCH3 is 1. The zero-order chi connectivity index (χ0) is 15.3. The normalized spacial score (nSPS) is 10.1. The van der Waals surface area contributed by atoms with Gasteiger partial charge >= 0.3 is 0 Å². The van der Waals surface area contributed by atoms with E-state index in [1.54, 1.807) is 19.1 Å². The van der Waals surface area contributed by atoms with E-state index in [0.717, 1.165) is 0 Å². The molecule has 0 aliphatic carbocycles. The number of hydrogen-bond acceptors (Lipinski definition) is 7. The molecular weight excluding hydrogens is 284 g/mol. The molecule has 0 fully saturated rings. The van der Waals surface area contributed by atoms with Crippen molar-refractivity contribution in [2.24, 2.45) is 5.10 Å². The van der Waals surface area contributed by atoms with Crippen molar-refractivity contribution >= 4 is 21.5 Å². The van der Waals surface area contributed by atoms with E-state index in [0.29, 0.717) is 11.3 Å². The van der Waals surface area contributed by atoms with E-state index in [4.69, 9.17) is 19.8 Å². The maximum atomic E-state index is 11.2. The summed E-state index contributed by atoms with van der Waals surface area (Å²) < 4.78 is 36.3. The van der Waals surface area contributed by atoms with E-state index in [2.05, 4.69) is 10.5 Å². The number of nitrogens with one attached hydrogen (secondary N) is 1. The summed E-state index contributed by atoms with van der Waals surface area (Å²) in [6, 6.07) is 5.60. The van der Waals surface area contributed by atoms with Crippen LogP contribution in [-0.4, -0.2) is 25.8 Å². The summed E-state index contributed by atoms with van der Waals surface area (Å²) in [7, 11) is -3.18. The van der Waals surface area contributed by atoms with Crippen LogP contribution in [0.2, 0.25) is 0 Å². The third-order valence-electron chi connectivity index (χ3n) is 2.29. The molecule has 1 rings (SSSR count). The van der Waals surface area contributed by atoms with Gasteiger partial charge in [-0.3, -0.25) is 9.98 Å². The number of benzene rings is 1. The predicted octanol–water partition coefficient (Wildman–Crippen LogP) is 1.07. The first-order valence-electron chi connectivity index (χ1n) is 5.13. The number of ether oxygens (including phenoxy) is 1. The molecule has 1 aromatic carbocycles. The fourth-order valence-electron chi connectivity index (χ4n) is 1.33. The Morgan fingerprint density at radius 2 is 2.00 bits per heavy atom. The van der Waals surface area contributed by atoms with Gasteiger partial charge in [0.2, 0.25) is 5.71 Å². The number of nitriles is 2. The molecular formula is C11H10N4O4S. The molecule has 0 aliphatic rings. The van der Waals surface area contributed by atoms with E-state index in [9.17, 15) is 8.42 Å². The summed E-state index contributed by atoms with van der Waals surface area (Å²) in [5, 5.41) is 20.6. The number of hydrazone groups is 1. The van der Waals surface area contributed by atoms with Crippen molar-refractivity contribution < 1.29 is 17.7 Å². The molecule has 0 aliphatic heterocycles. The van der Waals surface area contributed by atoms with E-state index in [-0.39, 0.29) is 16.4 Å². The molecule has 9 heteroatoms. The van der Waals surface area contributed by atoms with E-state index < -0.39 is 10.1 Å². The standard InChI is InChI=1S/C11H10N4O4S/c1-7-3-11(20(16,17)18)10(19-2)4-9(7)15-14-8(5-12)6-13/h3-4,15H,1-2H3,(H,16,17,18). The lowest BCUT2D eigenvalue weighted by Crippen LogP contribution is -2.04. The lowest BCUT2D eigenvalue weighted by Gasteiger charge is -2.11. The number of anilines is 1. The molecule has 0 radical (unpaired) electrons. The summed E-state index contributed by atoms with van der Waals surface area (Å²) >= 11 is 0. The highest BCUT2D eigenvalue weighted by Gasteiger charge is 2.18. The van der Waals surface area contributed by atoms with Crippen molar-refractivity contribution in [2.45, 2.75) is 11.8 Å². The maximum absolute atomic E-state index is 11.2. The Hall–Kier alpha value is -2.62. The summed E-state index contributed by atoms with van der Waals surface area (Å²) in [4.78, 5) is -0.382. The SMILES string of the molecule is COc1cc(NN=C(C#N)C#N)c(C)cc1S(=O)(=O)O. The molecule has 0 unspecified atom stereocenters. The Morgan fingerprint density at radius 3 is 2.45 bits per heavy atom. The first-order chi connectivity index (χ1) is 9.33. The minimum atomic E-state index is -4.42. The zero-order valence-corrected chi connectivity index (χ0v) is 11.4. The van der Waals surface area contributed by atoms with Gasteiger partial charge in [-0.2, -0.15) is 24.0 Å². The molecule has 0 bridgehead atoms. The minimum Gasteiger partial charge on any atom is -0.495 e. The summed E-state index contributed by atoms with van der Waals surface area (Å²) in [5.41, 5.74) is 2.83. The average molecular weight is 294 g/mol. The Balaban J connectivity index is 3.31. The highest BCUT2D eigenvalue weighted by Crippen LogP contribution is 2.30. The quantitative estimate of drug-likeness (QED) is 0.481. The van der Waals surface area contributed by atoms with Gasteiger partial charge in [-0.15, -0.1) is 0 Å². The second-order valence-corrected chi connectivity index (χ2v) is 4.98. The molecule has 0 aromatic heterocycles. The molecule has 8 nitrogen and oxygen atoms in total. The van der Waals surface area contributed by atoms with Gasteiger partial charge in [0.05, 0.1) is 12.8 Å². The second kappa shape index (κ2) is 6.02. The van der Waals surface area contributed by atoms with Crippen LogP contribution in [0, 0.1) is 29.6 Å². The third-order valence-corrected chi connectivity index (χ3v) is 3.16. The third kappa shape index (κ3) is 3.45. The molecule has 0 atom stereocenters. The second-order valence-electron chi connectivity index (χ2n) is 3.59. The lowest BCUT2D eigenvalue weighted by molar-refractivity contribution is 0.397. The summed E-state index contributed by atoms with van der Waals surface area (Å²) in [6.07, 6.45) is 0. The van der Waals surface area contributed by atoms with Crippen LogP contribution in [0.1, 0.15) is 5.56 Å². The van der Waals surface area contributed by atoms with Gasteiger partial charge < -0.3 is 4.74 Å². The Bertz CT molecular complexity index is 725. The van der Waals surface area contributed by atoms with Crippen LogP contribution in [0.15, 0.2) is 22.1 Å². The van der Waals surface area contributed by atoms with Crippen LogP contribution in [0.5, 0.6) is 5.75 Å². The molecule has 104 valence electrons. The van der Waals surface area contributed by atoms with E-state index >= 15 is 0 Å². The molecule has 20 heavy (non-hydrogen) atoms. The number of rotatable bonds is 4. The van der Waals surface area contributed by atoms with E-state index in [1.807, 2.05) is 0 Å². The van der Waals surface area contributed by atoms with E-state index in [1.165, 1.54) is 19.2 Å². The summed E-state index contributed by atoms with van der Waals surface area (Å²) in [5.74, 6) is -0.0914. The van der Waals surface area contributed by atoms with Gasteiger partial charge in [-0.25, -0.2) is 0 Å². The first kappa shape index (κ1) is 15.4. The smallest absolute Gasteiger partial charge is 0.298 e. The van der Waals surface area contributed by atoms with Crippen LogP contribution < -0.4 is 10.2 Å². The van der Waals surface area contributed by atoms with Crippen LogP contribution in [0.4, 0.5) is 5.69 Å². The maximum Gasteiger partial charge on any atom is 0.298 e. The van der Waals surface area contributed by atoms with Gasteiger partial charge in [0.15, 0.2) is 0 Å². The Morgan fingerprint density at radius 1 is 1.40 bits per heavy atom. The Labute approximate surface area is 115 Å². The monoisotopic (exact) mass is 294 g/mol. The van der Waals surface area contributed by atoms with Crippen molar-refractivity contribution in [3.8, 4) is 17.9 Å². The molecule has 2 N–H and O–H groups in total. The van der Waals surface area contributed by atoms with Gasteiger partial charge in [-0.05, 0) is 18.6 Å². The van der Waals surface area contributed by atoms with Crippen LogP contribution >= 0.6 is 0 Å². The van der Waals surface area contributed by atoms with Crippen molar-refractivity contribution in [1.82, 2.24) is 0 Å². The zero-order valence-electron chi connectivity index (χ0n) is 10.6. The minimum absolute atomic E-state index is 0.0914. The number of nitrogens with zero attached hydrogens (tertiary/aromatic N) is 3.